The van der Waals surface area contributed by atoms with Gasteiger partial charge in [0.25, 0.3) is 5.60 Å². The zero-order chi connectivity index (χ0) is 23.1. The lowest BCUT2D eigenvalue weighted by atomic mass is 9.85. The first kappa shape index (κ1) is 21.6. The van der Waals surface area contributed by atoms with E-state index in [0.717, 1.165) is 12.1 Å². The summed E-state index contributed by atoms with van der Waals surface area (Å²) in [6.07, 6.45) is -2.93. The summed E-state index contributed by atoms with van der Waals surface area (Å²) in [6, 6.07) is 10.1. The highest BCUT2D eigenvalue weighted by molar-refractivity contribution is 6.42. The average Bonchev–Trinajstić information content (AvgIpc) is 3.45. The quantitative estimate of drug-likeness (QED) is 0.535. The molecule has 12 heteroatoms. The topological polar surface area (TPSA) is 99.9 Å². The minimum atomic E-state index is -4.90. The molecule has 160 valence electrons. The van der Waals surface area contributed by atoms with Gasteiger partial charge in [-0.3, -0.25) is 0 Å². The Kier molecular flexibility index (Phi) is 5.29. The monoisotopic (exact) mass is 476 g/mol. The second-order valence-corrected chi connectivity index (χ2v) is 7.53. The van der Waals surface area contributed by atoms with Gasteiger partial charge in [0, 0.05) is 17.5 Å². The smallest absolute Gasteiger partial charge is 0.374 e. The van der Waals surface area contributed by atoms with Crippen molar-refractivity contribution in [2.24, 2.45) is 5.16 Å². The van der Waals surface area contributed by atoms with Gasteiger partial charge in [0.2, 0.25) is 0 Å². The highest BCUT2D eigenvalue weighted by atomic mass is 35.5. The van der Waals surface area contributed by atoms with Crippen molar-refractivity contribution in [2.75, 3.05) is 0 Å². The predicted molar refractivity (Wildman–Crippen MR) is 107 cm³/mol. The lowest BCUT2D eigenvalue weighted by Gasteiger charge is -2.29. The van der Waals surface area contributed by atoms with E-state index >= 15 is 0 Å². The molecule has 3 aromatic rings. The van der Waals surface area contributed by atoms with E-state index in [1.807, 2.05) is 6.07 Å². The van der Waals surface area contributed by atoms with Crippen molar-refractivity contribution in [3.8, 4) is 17.8 Å². The Morgan fingerprint density at radius 2 is 1.84 bits per heavy atom. The van der Waals surface area contributed by atoms with Crippen LogP contribution in [0.5, 0.6) is 0 Å². The number of hydrogen-bond acceptors (Lipinski definition) is 6. The largest absolute Gasteiger partial charge is 0.435 e. The minimum Gasteiger partial charge on any atom is -0.374 e. The fraction of sp³-hybridized carbons (Fsp3) is 0.150. The lowest BCUT2D eigenvalue weighted by molar-refractivity contribution is -0.275. The van der Waals surface area contributed by atoms with Gasteiger partial charge in [-0.1, -0.05) is 34.4 Å². The third-order valence-electron chi connectivity index (χ3n) is 4.92. The third kappa shape index (κ3) is 3.44. The van der Waals surface area contributed by atoms with Gasteiger partial charge >= 0.3 is 6.18 Å². The molecule has 2 heterocycles. The van der Waals surface area contributed by atoms with Gasteiger partial charge in [-0.05, 0) is 24.3 Å². The number of nitriles is 2. The van der Waals surface area contributed by atoms with Gasteiger partial charge < -0.3 is 4.84 Å². The van der Waals surface area contributed by atoms with Gasteiger partial charge in [-0.15, -0.1) is 0 Å². The summed E-state index contributed by atoms with van der Waals surface area (Å²) in [5, 5.41) is 25.9. The van der Waals surface area contributed by atoms with Crippen LogP contribution in [0.2, 0.25) is 10.0 Å². The van der Waals surface area contributed by atoms with Gasteiger partial charge in [0.15, 0.2) is 0 Å². The van der Waals surface area contributed by atoms with E-state index in [4.69, 9.17) is 28.0 Å². The molecule has 0 fully saturated rings. The SMILES string of the molecule is N#Cc1cc(C2=NOC(c3cc(Cl)c(Cl)c(C#N)c3)(C(F)(F)F)C2)ccc1-n1cncn1. The van der Waals surface area contributed by atoms with Crippen molar-refractivity contribution in [2.45, 2.75) is 18.2 Å². The first-order valence-electron chi connectivity index (χ1n) is 8.81. The molecule has 2 aromatic carbocycles. The van der Waals surface area contributed by atoms with E-state index in [9.17, 15) is 23.7 Å². The van der Waals surface area contributed by atoms with Crippen LogP contribution in [0.25, 0.3) is 5.69 Å². The average molecular weight is 477 g/mol. The second kappa shape index (κ2) is 7.83. The Morgan fingerprint density at radius 3 is 2.47 bits per heavy atom. The molecule has 0 saturated heterocycles. The number of benzene rings is 2. The summed E-state index contributed by atoms with van der Waals surface area (Å²) >= 11 is 11.9. The molecule has 1 aliphatic heterocycles. The van der Waals surface area contributed by atoms with Crippen molar-refractivity contribution in [1.82, 2.24) is 14.8 Å². The van der Waals surface area contributed by atoms with Crippen LogP contribution in [0.15, 0.2) is 48.1 Å². The number of halogens is 5. The third-order valence-corrected chi connectivity index (χ3v) is 5.72. The van der Waals surface area contributed by atoms with E-state index < -0.39 is 23.8 Å². The number of rotatable bonds is 3. The van der Waals surface area contributed by atoms with Crippen molar-refractivity contribution in [3.63, 3.8) is 0 Å². The van der Waals surface area contributed by atoms with Gasteiger partial charge in [0.05, 0.1) is 32.6 Å². The zero-order valence-electron chi connectivity index (χ0n) is 15.7. The first-order chi connectivity index (χ1) is 15.2. The molecule has 32 heavy (non-hydrogen) atoms. The Balaban J connectivity index is 1.76. The summed E-state index contributed by atoms with van der Waals surface area (Å²) < 4.78 is 44.0. The molecule has 0 bridgehead atoms. The standard InChI is InChI=1S/C20H9Cl2F3N6O/c21-15-5-14(4-13(8-27)18(15)22)19(20(23,24)25)6-16(30-32-19)11-1-2-17(12(3-11)7-26)31-10-28-9-29-31/h1-5,9-10H,6H2. The normalized spacial score (nSPS) is 17.9. The molecule has 4 rings (SSSR count). The van der Waals surface area contributed by atoms with Crippen molar-refractivity contribution >= 4 is 28.9 Å². The van der Waals surface area contributed by atoms with Crippen LogP contribution >= 0.6 is 23.2 Å². The maximum Gasteiger partial charge on any atom is 0.435 e. The Morgan fingerprint density at radius 1 is 1.09 bits per heavy atom. The summed E-state index contributed by atoms with van der Waals surface area (Å²) in [4.78, 5) is 8.78. The summed E-state index contributed by atoms with van der Waals surface area (Å²) in [6.45, 7) is 0. The Labute approximate surface area is 188 Å². The molecule has 1 unspecified atom stereocenters. The van der Waals surface area contributed by atoms with Crippen LogP contribution in [0.3, 0.4) is 0 Å². The molecule has 7 nitrogen and oxygen atoms in total. The first-order valence-corrected chi connectivity index (χ1v) is 9.56. The molecule has 1 aromatic heterocycles. The van der Waals surface area contributed by atoms with E-state index in [1.165, 1.54) is 35.5 Å². The maximum absolute atomic E-state index is 14.2. The van der Waals surface area contributed by atoms with Crippen LogP contribution < -0.4 is 0 Å². The number of hydrogen-bond donors (Lipinski definition) is 0. The lowest BCUT2D eigenvalue weighted by Crippen LogP contribution is -2.42. The Bertz CT molecular complexity index is 1320. The predicted octanol–water partition coefficient (Wildman–Crippen LogP) is 4.90. The number of aromatic nitrogens is 3. The molecule has 1 aliphatic rings. The summed E-state index contributed by atoms with van der Waals surface area (Å²) in [5.41, 5.74) is -2.72. The molecule has 0 saturated carbocycles. The maximum atomic E-state index is 14.2. The van der Waals surface area contributed by atoms with Crippen LogP contribution in [0, 0.1) is 22.7 Å². The fourth-order valence-electron chi connectivity index (χ4n) is 3.30. The molecule has 0 N–H and O–H groups in total. The summed E-state index contributed by atoms with van der Waals surface area (Å²) in [5.74, 6) is 0. The van der Waals surface area contributed by atoms with Crippen LogP contribution in [0.1, 0.15) is 28.7 Å². The van der Waals surface area contributed by atoms with Gasteiger partial charge in [-0.2, -0.15) is 28.8 Å². The van der Waals surface area contributed by atoms with Gasteiger partial charge in [0.1, 0.15) is 24.8 Å². The van der Waals surface area contributed by atoms with E-state index in [-0.39, 0.29) is 32.4 Å². The second-order valence-electron chi connectivity index (χ2n) is 6.75. The van der Waals surface area contributed by atoms with E-state index in [2.05, 4.69) is 15.2 Å². The molecule has 0 amide bonds. The Hall–Kier alpha value is -3.60. The highest BCUT2D eigenvalue weighted by Gasteiger charge is 2.62. The van der Waals surface area contributed by atoms with Crippen LogP contribution in [0.4, 0.5) is 13.2 Å². The van der Waals surface area contributed by atoms with Gasteiger partial charge in [-0.25, -0.2) is 9.67 Å². The van der Waals surface area contributed by atoms with E-state index in [0.29, 0.717) is 5.69 Å². The highest BCUT2D eigenvalue weighted by Crippen LogP contribution is 2.50. The molecular formula is C20H9Cl2F3N6O. The number of nitrogens with zero attached hydrogens (tertiary/aromatic N) is 6. The fourth-order valence-corrected chi connectivity index (χ4v) is 3.67. The zero-order valence-corrected chi connectivity index (χ0v) is 17.2. The van der Waals surface area contributed by atoms with Crippen LogP contribution in [-0.2, 0) is 10.4 Å². The molecule has 0 radical (unpaired) electrons. The number of alkyl halides is 3. The van der Waals surface area contributed by atoms with Crippen molar-refractivity contribution < 1.29 is 18.0 Å². The molecular weight excluding hydrogens is 468 g/mol. The molecule has 1 atom stereocenters. The van der Waals surface area contributed by atoms with E-state index in [1.54, 1.807) is 6.07 Å². The van der Waals surface area contributed by atoms with Crippen molar-refractivity contribution in [3.05, 3.63) is 75.3 Å². The molecule has 0 spiro atoms. The summed E-state index contributed by atoms with van der Waals surface area (Å²) in [7, 11) is 0. The van der Waals surface area contributed by atoms with Crippen LogP contribution in [-0.4, -0.2) is 26.7 Å². The van der Waals surface area contributed by atoms with Crippen molar-refractivity contribution in [1.29, 1.82) is 10.5 Å². The minimum absolute atomic E-state index is 0.0338. The molecule has 0 aliphatic carbocycles. The number of oxime groups is 1.